The molecule has 1 heterocycles. The van der Waals surface area contributed by atoms with E-state index in [1.807, 2.05) is 13.8 Å². The number of amides is 3. The third-order valence-corrected chi connectivity index (χ3v) is 6.20. The van der Waals surface area contributed by atoms with Crippen LogP contribution in [-0.4, -0.2) is 48.8 Å². The average Bonchev–Trinajstić information content (AvgIpc) is 3.07. The number of halogens is 1. The largest absolute Gasteiger partial charge is 0.495 e. The molecule has 0 bridgehead atoms. The van der Waals surface area contributed by atoms with Crippen LogP contribution < -0.4 is 19.5 Å². The van der Waals surface area contributed by atoms with Crippen molar-refractivity contribution >= 4 is 52.2 Å². The minimum Gasteiger partial charge on any atom is -0.495 e. The summed E-state index contributed by atoms with van der Waals surface area (Å²) in [7, 11) is 3.02. The molecule has 2 aromatic carbocycles. The maximum atomic E-state index is 12.8. The van der Waals surface area contributed by atoms with Crippen molar-refractivity contribution in [1.29, 1.82) is 0 Å². The quantitative estimate of drug-likeness (QED) is 0.468. The number of nitrogens with one attached hydrogen (secondary N) is 1. The number of benzene rings is 2. The maximum Gasteiger partial charge on any atom is 0.294 e. The van der Waals surface area contributed by atoms with E-state index in [0.717, 1.165) is 23.1 Å². The van der Waals surface area contributed by atoms with Gasteiger partial charge in [-0.15, -0.1) is 0 Å². The summed E-state index contributed by atoms with van der Waals surface area (Å²) in [6.07, 6.45) is 2.45. The van der Waals surface area contributed by atoms with Gasteiger partial charge in [0, 0.05) is 5.69 Å². The lowest BCUT2D eigenvalue weighted by Crippen LogP contribution is -2.36. The van der Waals surface area contributed by atoms with Crippen LogP contribution in [0.15, 0.2) is 41.3 Å². The normalized spacial score (nSPS) is 15.4. The van der Waals surface area contributed by atoms with Gasteiger partial charge in [0.2, 0.25) is 5.91 Å². The second kappa shape index (κ2) is 11.3. The molecule has 0 aliphatic carbocycles. The number of rotatable bonds is 9. The summed E-state index contributed by atoms with van der Waals surface area (Å²) in [6.45, 7) is 3.56. The zero-order valence-electron chi connectivity index (χ0n) is 19.2. The molecule has 1 N–H and O–H groups in total. The Balaban J connectivity index is 1.70. The van der Waals surface area contributed by atoms with E-state index in [-0.39, 0.29) is 11.0 Å². The van der Waals surface area contributed by atoms with Crippen LogP contribution >= 0.6 is 23.4 Å². The molecule has 0 unspecified atom stereocenters. The fourth-order valence-electron chi connectivity index (χ4n) is 3.05. The number of anilines is 1. The van der Waals surface area contributed by atoms with Crippen molar-refractivity contribution in [2.75, 3.05) is 26.1 Å². The third-order valence-electron chi connectivity index (χ3n) is 5.00. The molecule has 8 nitrogen and oxygen atoms in total. The molecule has 10 heteroatoms. The van der Waals surface area contributed by atoms with Crippen molar-refractivity contribution in [2.24, 2.45) is 0 Å². The molecular weight excluding hydrogens is 480 g/mol. The Kier molecular flexibility index (Phi) is 8.46. The standard InChI is InChI=1S/C24H25ClN2O6S/c1-5-14(2)33-19-8-6-15(10-20(19)32-4)11-21-23(29)27(24(30)34-21)13-22(28)26-16-7-9-18(31-3)17(25)12-16/h6-12,14H,5,13H2,1-4H3,(H,26,28)/b21-11-/t14-/m1/s1. The van der Waals surface area contributed by atoms with Crippen LogP contribution in [0, 0.1) is 0 Å². The Labute approximate surface area is 207 Å². The van der Waals surface area contributed by atoms with E-state index in [0.29, 0.717) is 33.5 Å². The highest BCUT2D eigenvalue weighted by Gasteiger charge is 2.36. The van der Waals surface area contributed by atoms with Gasteiger partial charge in [-0.2, -0.15) is 0 Å². The number of thioether (sulfide) groups is 1. The monoisotopic (exact) mass is 504 g/mol. The van der Waals surface area contributed by atoms with Gasteiger partial charge in [-0.25, -0.2) is 0 Å². The number of methoxy groups -OCH3 is 2. The molecule has 1 atom stereocenters. The number of carbonyl (C=O) groups is 3. The van der Waals surface area contributed by atoms with Crippen LogP contribution in [0.3, 0.4) is 0 Å². The Morgan fingerprint density at radius 3 is 2.47 bits per heavy atom. The van der Waals surface area contributed by atoms with E-state index < -0.39 is 23.6 Å². The van der Waals surface area contributed by atoms with Crippen molar-refractivity contribution in [3.05, 3.63) is 51.9 Å². The first-order valence-electron chi connectivity index (χ1n) is 10.5. The molecule has 180 valence electrons. The van der Waals surface area contributed by atoms with Gasteiger partial charge >= 0.3 is 0 Å². The van der Waals surface area contributed by atoms with Crippen molar-refractivity contribution in [3.8, 4) is 17.2 Å². The van der Waals surface area contributed by atoms with Crippen LogP contribution in [0.5, 0.6) is 17.2 Å². The van der Waals surface area contributed by atoms with Crippen molar-refractivity contribution in [1.82, 2.24) is 4.90 Å². The predicted molar refractivity (Wildman–Crippen MR) is 133 cm³/mol. The molecule has 2 aromatic rings. The van der Waals surface area contributed by atoms with Gasteiger partial charge in [0.1, 0.15) is 12.3 Å². The highest BCUT2D eigenvalue weighted by molar-refractivity contribution is 8.18. The minimum absolute atomic E-state index is 0.0244. The molecule has 3 amide bonds. The van der Waals surface area contributed by atoms with Crippen LogP contribution in [0.2, 0.25) is 5.02 Å². The molecule has 0 aromatic heterocycles. The molecule has 1 aliphatic rings. The van der Waals surface area contributed by atoms with Crippen LogP contribution in [0.1, 0.15) is 25.8 Å². The summed E-state index contributed by atoms with van der Waals surface area (Å²) in [5, 5.41) is 2.42. The lowest BCUT2D eigenvalue weighted by atomic mass is 10.1. The summed E-state index contributed by atoms with van der Waals surface area (Å²) >= 11 is 6.84. The molecule has 1 fully saturated rings. The van der Waals surface area contributed by atoms with Gasteiger partial charge in [-0.1, -0.05) is 24.6 Å². The summed E-state index contributed by atoms with van der Waals surface area (Å²) in [5.74, 6) is 0.505. The van der Waals surface area contributed by atoms with Gasteiger partial charge in [0.15, 0.2) is 11.5 Å². The van der Waals surface area contributed by atoms with Gasteiger partial charge in [-0.05, 0) is 67.1 Å². The van der Waals surface area contributed by atoms with Crippen molar-refractivity contribution < 1.29 is 28.6 Å². The average molecular weight is 505 g/mol. The van der Waals surface area contributed by atoms with E-state index in [9.17, 15) is 14.4 Å². The summed E-state index contributed by atoms with van der Waals surface area (Å²) in [6, 6.07) is 10.00. The second-order valence-corrected chi connectivity index (χ2v) is 8.81. The molecule has 1 saturated heterocycles. The molecule has 0 radical (unpaired) electrons. The molecule has 1 aliphatic heterocycles. The minimum atomic E-state index is -0.545. The highest BCUT2D eigenvalue weighted by Crippen LogP contribution is 2.35. The van der Waals surface area contributed by atoms with E-state index in [4.69, 9.17) is 25.8 Å². The summed E-state index contributed by atoms with van der Waals surface area (Å²) < 4.78 is 16.3. The number of imide groups is 1. The van der Waals surface area contributed by atoms with Gasteiger partial charge in [0.05, 0.1) is 30.3 Å². The summed E-state index contributed by atoms with van der Waals surface area (Å²) in [5.41, 5.74) is 1.08. The number of hydrogen-bond acceptors (Lipinski definition) is 7. The topological polar surface area (TPSA) is 94.2 Å². The number of ether oxygens (including phenoxy) is 3. The number of carbonyl (C=O) groups excluding carboxylic acids is 3. The molecular formula is C24H25ClN2O6S. The van der Waals surface area contributed by atoms with E-state index in [1.54, 1.807) is 36.4 Å². The Hall–Kier alpha value is -3.17. The van der Waals surface area contributed by atoms with Crippen molar-refractivity contribution in [3.63, 3.8) is 0 Å². The van der Waals surface area contributed by atoms with Crippen LogP contribution in [0.4, 0.5) is 10.5 Å². The zero-order valence-corrected chi connectivity index (χ0v) is 20.8. The predicted octanol–water partition coefficient (Wildman–Crippen LogP) is 5.21. The Bertz CT molecular complexity index is 1140. The third kappa shape index (κ3) is 6.03. The lowest BCUT2D eigenvalue weighted by molar-refractivity contribution is -0.127. The highest BCUT2D eigenvalue weighted by atomic mass is 35.5. The molecule has 34 heavy (non-hydrogen) atoms. The fraction of sp³-hybridized carbons (Fsp3) is 0.292. The first-order chi connectivity index (χ1) is 16.2. The smallest absolute Gasteiger partial charge is 0.294 e. The molecule has 0 saturated carbocycles. The van der Waals surface area contributed by atoms with E-state index >= 15 is 0 Å². The zero-order chi connectivity index (χ0) is 24.8. The molecule has 3 rings (SSSR count). The fourth-order valence-corrected chi connectivity index (χ4v) is 4.14. The van der Waals surface area contributed by atoms with Crippen LogP contribution in [0.25, 0.3) is 6.08 Å². The number of nitrogens with zero attached hydrogens (tertiary/aromatic N) is 1. The lowest BCUT2D eigenvalue weighted by Gasteiger charge is -2.15. The van der Waals surface area contributed by atoms with E-state index in [1.165, 1.54) is 20.3 Å². The van der Waals surface area contributed by atoms with Gasteiger partial charge < -0.3 is 19.5 Å². The van der Waals surface area contributed by atoms with Gasteiger partial charge in [0.25, 0.3) is 11.1 Å². The Morgan fingerprint density at radius 2 is 1.82 bits per heavy atom. The first-order valence-corrected chi connectivity index (χ1v) is 11.7. The Morgan fingerprint density at radius 1 is 1.12 bits per heavy atom. The number of hydrogen-bond donors (Lipinski definition) is 1. The first kappa shape index (κ1) is 25.5. The second-order valence-electron chi connectivity index (χ2n) is 7.41. The summed E-state index contributed by atoms with van der Waals surface area (Å²) in [4.78, 5) is 38.7. The SMILES string of the molecule is CC[C@@H](C)Oc1ccc(/C=C2\SC(=O)N(CC(=O)Nc3ccc(OC)c(Cl)c3)C2=O)cc1OC. The van der Waals surface area contributed by atoms with Crippen molar-refractivity contribution in [2.45, 2.75) is 26.4 Å². The van der Waals surface area contributed by atoms with E-state index in [2.05, 4.69) is 5.32 Å². The van der Waals surface area contributed by atoms with Gasteiger partial charge in [-0.3, -0.25) is 19.3 Å². The maximum absolute atomic E-state index is 12.8. The van der Waals surface area contributed by atoms with Crippen LogP contribution in [-0.2, 0) is 9.59 Å². The molecule has 0 spiro atoms.